The number of aromatic nitrogens is 5. The number of pyridine rings is 1. The Hall–Kier alpha value is -3.24. The first-order chi connectivity index (χ1) is 18.0. The number of halogens is 2. The smallest absolute Gasteiger partial charge is 0.271 e. The van der Waals surface area contributed by atoms with Gasteiger partial charge in [-0.15, -0.1) is 21.5 Å². The molecule has 0 atom stereocenters. The highest BCUT2D eigenvalue weighted by Gasteiger charge is 2.20. The molecule has 11 heteroatoms. The third kappa shape index (κ3) is 5.86. The number of nitrogens with one attached hydrogen (secondary N) is 1. The Labute approximate surface area is 231 Å². The molecule has 3 aromatic heterocycles. The van der Waals surface area contributed by atoms with Gasteiger partial charge in [0.2, 0.25) is 0 Å². The second kappa shape index (κ2) is 11.4. The van der Waals surface area contributed by atoms with Gasteiger partial charge in [0.1, 0.15) is 10.7 Å². The van der Waals surface area contributed by atoms with Crippen molar-refractivity contribution in [3.8, 4) is 17.1 Å². The van der Waals surface area contributed by atoms with E-state index in [1.165, 1.54) is 23.1 Å². The Balaban J connectivity index is 1.37. The van der Waals surface area contributed by atoms with Crippen LogP contribution in [0.4, 0.5) is 0 Å². The standard InChI is InChI=1S/C26H20Cl2N6OS2/c1-16-9-10-17(27)12-22(16)34-24(19-7-2-3-8-20(19)28)32-33-26(34)37-15-23-31-21(14-36-23)25(35)30-13-18-6-4-5-11-29-18/h2-12,14H,13,15H2,1H3,(H,30,35). The lowest BCUT2D eigenvalue weighted by Gasteiger charge is -2.14. The molecular weight excluding hydrogens is 547 g/mol. The van der Waals surface area contributed by atoms with E-state index in [0.717, 1.165) is 27.5 Å². The van der Waals surface area contributed by atoms with Crippen molar-refractivity contribution in [1.82, 2.24) is 30.0 Å². The van der Waals surface area contributed by atoms with Crippen LogP contribution in [0.5, 0.6) is 0 Å². The number of nitrogens with zero attached hydrogens (tertiary/aromatic N) is 5. The van der Waals surface area contributed by atoms with Gasteiger partial charge in [-0.25, -0.2) is 4.98 Å². The van der Waals surface area contributed by atoms with Crippen LogP contribution in [0, 0.1) is 6.92 Å². The average Bonchev–Trinajstić information content (AvgIpc) is 3.56. The van der Waals surface area contributed by atoms with Gasteiger partial charge in [0.05, 0.1) is 28.7 Å². The molecule has 2 aromatic carbocycles. The number of hydrogen-bond donors (Lipinski definition) is 1. The van der Waals surface area contributed by atoms with Crippen molar-refractivity contribution in [1.29, 1.82) is 0 Å². The first kappa shape index (κ1) is 25.4. The number of benzene rings is 2. The van der Waals surface area contributed by atoms with Crippen LogP contribution in [0.1, 0.15) is 26.8 Å². The van der Waals surface area contributed by atoms with Gasteiger partial charge < -0.3 is 5.32 Å². The molecule has 0 aliphatic rings. The van der Waals surface area contributed by atoms with E-state index in [1.54, 1.807) is 11.6 Å². The zero-order valence-corrected chi connectivity index (χ0v) is 22.7. The van der Waals surface area contributed by atoms with E-state index in [0.29, 0.717) is 39.0 Å². The minimum Gasteiger partial charge on any atom is -0.345 e. The van der Waals surface area contributed by atoms with Gasteiger partial charge in [-0.05, 0) is 48.9 Å². The fourth-order valence-corrected chi connectivity index (χ4v) is 5.72. The molecule has 0 saturated heterocycles. The molecule has 0 saturated carbocycles. The number of hydrogen-bond acceptors (Lipinski definition) is 7. The maximum atomic E-state index is 12.6. The average molecular weight is 568 g/mol. The highest BCUT2D eigenvalue weighted by molar-refractivity contribution is 7.98. The minimum absolute atomic E-state index is 0.239. The van der Waals surface area contributed by atoms with Crippen molar-refractivity contribution in [2.75, 3.05) is 0 Å². The van der Waals surface area contributed by atoms with Gasteiger partial charge >= 0.3 is 0 Å². The Bertz CT molecular complexity index is 1550. The molecule has 37 heavy (non-hydrogen) atoms. The van der Waals surface area contributed by atoms with Crippen LogP contribution < -0.4 is 5.32 Å². The van der Waals surface area contributed by atoms with Crippen molar-refractivity contribution < 1.29 is 4.79 Å². The van der Waals surface area contributed by atoms with Gasteiger partial charge in [0, 0.05) is 22.2 Å². The number of amides is 1. The molecule has 5 aromatic rings. The third-order valence-electron chi connectivity index (χ3n) is 5.43. The molecule has 186 valence electrons. The lowest BCUT2D eigenvalue weighted by Crippen LogP contribution is -2.23. The van der Waals surface area contributed by atoms with Crippen molar-refractivity contribution in [2.45, 2.75) is 24.4 Å². The van der Waals surface area contributed by atoms with E-state index in [2.05, 4.69) is 25.5 Å². The zero-order chi connectivity index (χ0) is 25.8. The maximum Gasteiger partial charge on any atom is 0.271 e. The summed E-state index contributed by atoms with van der Waals surface area (Å²) in [5.74, 6) is 0.891. The quantitative estimate of drug-likeness (QED) is 0.212. The second-order valence-electron chi connectivity index (χ2n) is 7.97. The predicted octanol–water partition coefficient (Wildman–Crippen LogP) is 6.62. The Morgan fingerprint density at radius 3 is 2.73 bits per heavy atom. The van der Waals surface area contributed by atoms with Crippen molar-refractivity contribution in [3.05, 3.63) is 104 Å². The number of thiazole rings is 1. The van der Waals surface area contributed by atoms with Crippen LogP contribution in [0.3, 0.4) is 0 Å². The molecule has 1 amide bonds. The summed E-state index contributed by atoms with van der Waals surface area (Å²) >= 11 is 15.8. The fraction of sp³-hybridized carbons (Fsp3) is 0.115. The van der Waals surface area contributed by atoms with E-state index in [1.807, 2.05) is 72.2 Å². The SMILES string of the molecule is Cc1ccc(Cl)cc1-n1c(SCc2nc(C(=O)NCc3ccccn3)cs2)nnc1-c1ccccc1Cl. The molecule has 3 heterocycles. The van der Waals surface area contributed by atoms with Gasteiger partial charge in [-0.1, -0.05) is 59.2 Å². The molecule has 5 rings (SSSR count). The number of carbonyl (C=O) groups is 1. The highest BCUT2D eigenvalue weighted by atomic mass is 35.5. The molecule has 0 bridgehead atoms. The monoisotopic (exact) mass is 566 g/mol. The predicted molar refractivity (Wildman–Crippen MR) is 149 cm³/mol. The van der Waals surface area contributed by atoms with Crippen LogP contribution in [0.25, 0.3) is 17.1 Å². The third-order valence-corrected chi connectivity index (χ3v) is 7.96. The van der Waals surface area contributed by atoms with E-state index < -0.39 is 0 Å². The first-order valence-corrected chi connectivity index (χ1v) is 13.8. The van der Waals surface area contributed by atoms with Crippen LogP contribution in [0.15, 0.2) is 77.4 Å². The molecule has 0 aliphatic carbocycles. The first-order valence-electron chi connectivity index (χ1n) is 11.2. The van der Waals surface area contributed by atoms with Crippen molar-refractivity contribution >= 4 is 52.2 Å². The number of aryl methyl sites for hydroxylation is 1. The second-order valence-corrected chi connectivity index (χ2v) is 10.7. The molecule has 0 unspecified atom stereocenters. The normalized spacial score (nSPS) is 11.0. The summed E-state index contributed by atoms with van der Waals surface area (Å²) in [6.45, 7) is 2.35. The Morgan fingerprint density at radius 2 is 1.92 bits per heavy atom. The molecule has 7 nitrogen and oxygen atoms in total. The summed E-state index contributed by atoms with van der Waals surface area (Å²) in [5.41, 5.74) is 3.81. The van der Waals surface area contributed by atoms with Gasteiger partial charge in [-0.3, -0.25) is 14.3 Å². The maximum absolute atomic E-state index is 12.6. The number of thioether (sulfide) groups is 1. The molecule has 0 spiro atoms. The summed E-state index contributed by atoms with van der Waals surface area (Å²) < 4.78 is 1.96. The number of rotatable bonds is 8. The summed E-state index contributed by atoms with van der Waals surface area (Å²) in [6, 6.07) is 18.8. The molecule has 0 aliphatic heterocycles. The van der Waals surface area contributed by atoms with Crippen LogP contribution in [0.2, 0.25) is 10.0 Å². The zero-order valence-electron chi connectivity index (χ0n) is 19.6. The minimum atomic E-state index is -0.239. The van der Waals surface area contributed by atoms with E-state index in [-0.39, 0.29) is 5.91 Å². The fourth-order valence-electron chi connectivity index (χ4n) is 3.59. The van der Waals surface area contributed by atoms with Crippen molar-refractivity contribution in [3.63, 3.8) is 0 Å². The van der Waals surface area contributed by atoms with Gasteiger partial charge in [0.15, 0.2) is 11.0 Å². The molecular formula is C26H20Cl2N6OS2. The highest BCUT2D eigenvalue weighted by Crippen LogP contribution is 2.35. The summed E-state index contributed by atoms with van der Waals surface area (Å²) in [7, 11) is 0. The van der Waals surface area contributed by atoms with Gasteiger partial charge in [0.25, 0.3) is 5.91 Å². The molecule has 0 fully saturated rings. The summed E-state index contributed by atoms with van der Waals surface area (Å²) in [6.07, 6.45) is 1.69. The lowest BCUT2D eigenvalue weighted by atomic mass is 10.1. The van der Waals surface area contributed by atoms with Gasteiger partial charge in [-0.2, -0.15) is 0 Å². The largest absolute Gasteiger partial charge is 0.345 e. The van der Waals surface area contributed by atoms with Crippen LogP contribution >= 0.6 is 46.3 Å². The van der Waals surface area contributed by atoms with E-state index >= 15 is 0 Å². The molecule has 1 N–H and O–H groups in total. The van der Waals surface area contributed by atoms with Crippen molar-refractivity contribution in [2.24, 2.45) is 0 Å². The topological polar surface area (TPSA) is 85.6 Å². The van der Waals surface area contributed by atoms with Crippen LogP contribution in [-0.4, -0.2) is 30.6 Å². The van der Waals surface area contributed by atoms with E-state index in [9.17, 15) is 4.79 Å². The Kier molecular flexibility index (Phi) is 7.85. The number of carbonyl (C=O) groups excluding carboxylic acids is 1. The molecule has 0 radical (unpaired) electrons. The summed E-state index contributed by atoms with van der Waals surface area (Å²) in [4.78, 5) is 21.3. The lowest BCUT2D eigenvalue weighted by molar-refractivity contribution is 0.0946. The summed E-state index contributed by atoms with van der Waals surface area (Å²) in [5, 5.41) is 16.2. The van der Waals surface area contributed by atoms with E-state index in [4.69, 9.17) is 23.2 Å². The van der Waals surface area contributed by atoms with Crippen LogP contribution in [-0.2, 0) is 12.3 Å². The Morgan fingerprint density at radius 1 is 1.08 bits per heavy atom.